The number of hydrogen-bond acceptors (Lipinski definition) is 3. The summed E-state index contributed by atoms with van der Waals surface area (Å²) >= 11 is 3.44. The van der Waals surface area contributed by atoms with Crippen LogP contribution in [-0.2, 0) is 4.79 Å². The summed E-state index contributed by atoms with van der Waals surface area (Å²) in [7, 11) is 0. The average Bonchev–Trinajstić information content (AvgIpc) is 2.69. The molecule has 2 aromatic carbocycles. The van der Waals surface area contributed by atoms with Crippen molar-refractivity contribution in [1.29, 1.82) is 5.26 Å². The predicted octanol–water partition coefficient (Wildman–Crippen LogP) is 6.26. The molecule has 2 aromatic rings. The summed E-state index contributed by atoms with van der Waals surface area (Å²) in [5, 5.41) is 12.3. The number of aryl methyl sites for hydroxylation is 1. The standard InChI is InChI=1S/C23H25BrN2O2/c1-3-4-5-8-13-28-22-12-11-20(24)15-18(22)14-19(16-25)23(27)26-21-10-7-6-9-17(21)2/h6-7,9-12,14-15H,3-5,8,13H2,1-2H3,(H,26,27). The molecule has 2 rings (SSSR count). The predicted molar refractivity (Wildman–Crippen MR) is 117 cm³/mol. The van der Waals surface area contributed by atoms with Gasteiger partial charge in [0.1, 0.15) is 17.4 Å². The van der Waals surface area contributed by atoms with E-state index in [-0.39, 0.29) is 5.57 Å². The molecule has 28 heavy (non-hydrogen) atoms. The largest absolute Gasteiger partial charge is 0.493 e. The summed E-state index contributed by atoms with van der Waals surface area (Å²) < 4.78 is 6.75. The number of ether oxygens (including phenoxy) is 1. The SMILES string of the molecule is CCCCCCOc1ccc(Br)cc1C=C(C#N)C(=O)Nc1ccccc1C. The Balaban J connectivity index is 2.18. The lowest BCUT2D eigenvalue weighted by atomic mass is 10.1. The van der Waals surface area contributed by atoms with Gasteiger partial charge in [-0.05, 0) is 49.2 Å². The number of carbonyl (C=O) groups excluding carboxylic acids is 1. The van der Waals surface area contributed by atoms with Gasteiger partial charge in [-0.2, -0.15) is 5.26 Å². The van der Waals surface area contributed by atoms with Gasteiger partial charge in [0, 0.05) is 15.7 Å². The Hall–Kier alpha value is -2.58. The molecule has 0 atom stereocenters. The molecule has 0 fully saturated rings. The summed E-state index contributed by atoms with van der Waals surface area (Å²) in [4.78, 5) is 12.6. The minimum absolute atomic E-state index is 0.0252. The van der Waals surface area contributed by atoms with Gasteiger partial charge in [0.15, 0.2) is 0 Å². The molecule has 0 aromatic heterocycles. The summed E-state index contributed by atoms with van der Waals surface area (Å²) in [6.07, 6.45) is 6.04. The van der Waals surface area contributed by atoms with E-state index >= 15 is 0 Å². The Morgan fingerprint density at radius 3 is 2.71 bits per heavy atom. The summed E-state index contributed by atoms with van der Waals surface area (Å²) in [6, 6.07) is 15.0. The van der Waals surface area contributed by atoms with E-state index in [1.165, 1.54) is 12.8 Å². The maximum atomic E-state index is 12.6. The number of nitriles is 1. The van der Waals surface area contributed by atoms with Gasteiger partial charge in [0.05, 0.1) is 6.61 Å². The number of rotatable bonds is 9. The third-order valence-electron chi connectivity index (χ3n) is 4.29. The van der Waals surface area contributed by atoms with Crippen molar-refractivity contribution < 1.29 is 9.53 Å². The fraction of sp³-hybridized carbons (Fsp3) is 0.304. The summed E-state index contributed by atoms with van der Waals surface area (Å²) in [5.74, 6) is 0.224. The van der Waals surface area contributed by atoms with E-state index in [4.69, 9.17) is 4.74 Å². The average molecular weight is 441 g/mol. The molecular formula is C23H25BrN2O2. The van der Waals surface area contributed by atoms with Crippen LogP contribution < -0.4 is 10.1 Å². The maximum absolute atomic E-state index is 12.6. The number of halogens is 1. The van der Waals surface area contributed by atoms with Gasteiger partial charge in [-0.25, -0.2) is 0 Å². The van der Waals surface area contributed by atoms with Crippen LogP contribution in [0.5, 0.6) is 5.75 Å². The molecule has 4 nitrogen and oxygen atoms in total. The maximum Gasteiger partial charge on any atom is 0.266 e. The zero-order valence-corrected chi connectivity index (χ0v) is 17.9. The molecule has 0 unspecified atom stereocenters. The number of hydrogen-bond donors (Lipinski definition) is 1. The van der Waals surface area contributed by atoms with Crippen LogP contribution in [0.2, 0.25) is 0 Å². The van der Waals surface area contributed by atoms with Crippen LogP contribution >= 0.6 is 15.9 Å². The van der Waals surface area contributed by atoms with Crippen molar-refractivity contribution >= 4 is 33.6 Å². The van der Waals surface area contributed by atoms with Crippen molar-refractivity contribution in [2.75, 3.05) is 11.9 Å². The van der Waals surface area contributed by atoms with E-state index in [9.17, 15) is 10.1 Å². The number of anilines is 1. The first kappa shape index (κ1) is 21.7. The van der Waals surface area contributed by atoms with Crippen molar-refractivity contribution in [3.63, 3.8) is 0 Å². The summed E-state index contributed by atoms with van der Waals surface area (Å²) in [6.45, 7) is 4.69. The molecule has 0 aliphatic rings. The Morgan fingerprint density at radius 1 is 1.21 bits per heavy atom. The number of unbranched alkanes of at least 4 members (excludes halogenated alkanes) is 3. The minimum Gasteiger partial charge on any atom is -0.493 e. The number of para-hydroxylation sites is 1. The molecule has 0 aliphatic carbocycles. The van der Waals surface area contributed by atoms with Crippen LogP contribution in [0.25, 0.3) is 6.08 Å². The van der Waals surface area contributed by atoms with Gasteiger partial charge in [0.2, 0.25) is 0 Å². The minimum atomic E-state index is -0.439. The highest BCUT2D eigenvalue weighted by atomic mass is 79.9. The zero-order chi connectivity index (χ0) is 20.4. The van der Waals surface area contributed by atoms with Gasteiger partial charge < -0.3 is 10.1 Å². The zero-order valence-electron chi connectivity index (χ0n) is 16.3. The molecule has 0 radical (unpaired) electrons. The lowest BCUT2D eigenvalue weighted by molar-refractivity contribution is -0.112. The molecule has 0 heterocycles. The topological polar surface area (TPSA) is 62.1 Å². The summed E-state index contributed by atoms with van der Waals surface area (Å²) in [5.41, 5.74) is 2.35. The van der Waals surface area contributed by atoms with Crippen LogP contribution in [0.3, 0.4) is 0 Å². The Bertz CT molecular complexity index is 884. The molecule has 1 N–H and O–H groups in total. The van der Waals surface area contributed by atoms with Gasteiger partial charge in [0.25, 0.3) is 5.91 Å². The Labute approximate surface area is 175 Å². The van der Waals surface area contributed by atoms with E-state index in [2.05, 4.69) is 28.2 Å². The highest BCUT2D eigenvalue weighted by Gasteiger charge is 2.12. The van der Waals surface area contributed by atoms with Crippen LogP contribution in [0.4, 0.5) is 5.69 Å². The number of nitrogens with one attached hydrogen (secondary N) is 1. The first-order chi connectivity index (χ1) is 13.5. The number of benzene rings is 2. The Kier molecular flexibility index (Phi) is 8.77. The smallest absolute Gasteiger partial charge is 0.266 e. The van der Waals surface area contributed by atoms with Gasteiger partial charge in [-0.15, -0.1) is 0 Å². The van der Waals surface area contributed by atoms with E-state index in [1.807, 2.05) is 55.5 Å². The van der Waals surface area contributed by atoms with Crippen molar-refractivity contribution in [3.05, 3.63) is 63.6 Å². The fourth-order valence-electron chi connectivity index (χ4n) is 2.68. The van der Waals surface area contributed by atoms with Crippen LogP contribution in [0.1, 0.15) is 43.7 Å². The lowest BCUT2D eigenvalue weighted by Gasteiger charge is -2.11. The van der Waals surface area contributed by atoms with Crippen molar-refractivity contribution in [3.8, 4) is 11.8 Å². The molecule has 1 amide bonds. The van der Waals surface area contributed by atoms with Gasteiger partial charge >= 0.3 is 0 Å². The number of carbonyl (C=O) groups is 1. The van der Waals surface area contributed by atoms with E-state index in [1.54, 1.807) is 6.08 Å². The molecule has 5 heteroatoms. The molecule has 0 bridgehead atoms. The second kappa shape index (κ2) is 11.3. The van der Waals surface area contributed by atoms with Crippen molar-refractivity contribution in [2.45, 2.75) is 39.5 Å². The quantitative estimate of drug-likeness (QED) is 0.284. The highest BCUT2D eigenvalue weighted by molar-refractivity contribution is 9.10. The first-order valence-corrected chi connectivity index (χ1v) is 10.3. The third kappa shape index (κ3) is 6.54. The van der Waals surface area contributed by atoms with E-state index in [0.29, 0.717) is 23.6 Å². The van der Waals surface area contributed by atoms with Crippen molar-refractivity contribution in [2.24, 2.45) is 0 Å². The second-order valence-electron chi connectivity index (χ2n) is 6.53. The Morgan fingerprint density at radius 2 is 2.00 bits per heavy atom. The molecule has 0 spiro atoms. The number of amides is 1. The van der Waals surface area contributed by atoms with Crippen molar-refractivity contribution in [1.82, 2.24) is 0 Å². The lowest BCUT2D eigenvalue weighted by Crippen LogP contribution is -2.14. The van der Waals surface area contributed by atoms with E-state index in [0.717, 1.165) is 22.9 Å². The normalized spacial score (nSPS) is 11.0. The fourth-order valence-corrected chi connectivity index (χ4v) is 3.06. The molecule has 146 valence electrons. The van der Waals surface area contributed by atoms with Gasteiger partial charge in [-0.1, -0.05) is 60.3 Å². The molecular weight excluding hydrogens is 416 g/mol. The first-order valence-electron chi connectivity index (χ1n) is 9.46. The van der Waals surface area contributed by atoms with E-state index < -0.39 is 5.91 Å². The molecule has 0 aliphatic heterocycles. The number of nitrogens with zero attached hydrogens (tertiary/aromatic N) is 1. The van der Waals surface area contributed by atoms with Crippen LogP contribution in [0.15, 0.2) is 52.5 Å². The van der Waals surface area contributed by atoms with Gasteiger partial charge in [-0.3, -0.25) is 4.79 Å². The molecule has 0 saturated heterocycles. The van der Waals surface area contributed by atoms with Crippen LogP contribution in [-0.4, -0.2) is 12.5 Å². The third-order valence-corrected chi connectivity index (χ3v) is 4.78. The molecule has 0 saturated carbocycles. The monoisotopic (exact) mass is 440 g/mol. The highest BCUT2D eigenvalue weighted by Crippen LogP contribution is 2.26. The van der Waals surface area contributed by atoms with Crippen LogP contribution in [0, 0.1) is 18.3 Å². The second-order valence-corrected chi connectivity index (χ2v) is 7.45.